The number of rotatable bonds is 3. The highest BCUT2D eigenvalue weighted by Crippen LogP contribution is 2.28. The largest absolute Gasteiger partial charge is 0.364 e. The van der Waals surface area contributed by atoms with Crippen molar-refractivity contribution in [1.82, 2.24) is 15.0 Å². The van der Waals surface area contributed by atoms with Gasteiger partial charge in [-0.3, -0.25) is 0 Å². The smallest absolute Gasteiger partial charge is 0.137 e. The van der Waals surface area contributed by atoms with E-state index in [-0.39, 0.29) is 0 Å². The Balaban J connectivity index is 2.07. The van der Waals surface area contributed by atoms with Gasteiger partial charge in [-0.25, -0.2) is 4.98 Å². The lowest BCUT2D eigenvalue weighted by Crippen LogP contribution is -1.79. The van der Waals surface area contributed by atoms with Crippen LogP contribution in [0, 0.1) is 0 Å². The van der Waals surface area contributed by atoms with Gasteiger partial charge in [0.1, 0.15) is 5.65 Å². The molecule has 3 nitrogen and oxygen atoms in total. The Labute approximate surface area is 99.9 Å². The molecule has 0 saturated carbocycles. The number of H-pyrrole nitrogens is 2. The fraction of sp³-hybridized carbons (Fsp3) is 0.214. The molecule has 0 atom stereocenters. The molecule has 2 N–H and O–H groups in total. The first-order valence-electron chi connectivity index (χ1n) is 5.98. The second-order valence-electron chi connectivity index (χ2n) is 4.27. The summed E-state index contributed by atoms with van der Waals surface area (Å²) in [6, 6.07) is 6.29. The van der Waals surface area contributed by atoms with Crippen molar-refractivity contribution in [3.63, 3.8) is 0 Å². The molecule has 0 aliphatic carbocycles. The van der Waals surface area contributed by atoms with Crippen LogP contribution >= 0.6 is 0 Å². The number of aryl methyl sites for hydroxylation is 1. The Hall–Kier alpha value is -2.03. The maximum Gasteiger partial charge on any atom is 0.137 e. The van der Waals surface area contributed by atoms with Gasteiger partial charge in [-0.1, -0.05) is 13.3 Å². The van der Waals surface area contributed by atoms with Crippen molar-refractivity contribution in [1.29, 1.82) is 0 Å². The van der Waals surface area contributed by atoms with Gasteiger partial charge < -0.3 is 9.97 Å². The summed E-state index contributed by atoms with van der Waals surface area (Å²) in [5.41, 5.74) is 4.68. The van der Waals surface area contributed by atoms with E-state index >= 15 is 0 Å². The number of aromatic nitrogens is 3. The van der Waals surface area contributed by atoms with Crippen LogP contribution in [0.15, 0.2) is 36.8 Å². The van der Waals surface area contributed by atoms with Gasteiger partial charge in [0.15, 0.2) is 0 Å². The topological polar surface area (TPSA) is 44.5 Å². The van der Waals surface area contributed by atoms with Crippen LogP contribution in [-0.2, 0) is 6.42 Å². The quantitative estimate of drug-likeness (QED) is 0.704. The number of nitrogens with one attached hydrogen (secondary N) is 2. The molecule has 0 aliphatic heterocycles. The number of hydrogen-bond donors (Lipinski definition) is 2. The van der Waals surface area contributed by atoms with Gasteiger partial charge in [0.05, 0.1) is 0 Å². The molecule has 17 heavy (non-hydrogen) atoms. The van der Waals surface area contributed by atoms with Crippen LogP contribution in [0.25, 0.3) is 22.2 Å². The van der Waals surface area contributed by atoms with Gasteiger partial charge in [-0.05, 0) is 24.6 Å². The van der Waals surface area contributed by atoms with Crippen molar-refractivity contribution < 1.29 is 0 Å². The molecule has 3 heterocycles. The number of hydrogen-bond acceptors (Lipinski definition) is 1. The highest BCUT2D eigenvalue weighted by atomic mass is 14.8. The fourth-order valence-corrected chi connectivity index (χ4v) is 2.21. The van der Waals surface area contributed by atoms with E-state index in [1.54, 1.807) is 0 Å². The minimum Gasteiger partial charge on any atom is -0.364 e. The summed E-state index contributed by atoms with van der Waals surface area (Å²) < 4.78 is 0. The van der Waals surface area contributed by atoms with Crippen molar-refractivity contribution in [2.24, 2.45) is 0 Å². The zero-order valence-corrected chi connectivity index (χ0v) is 9.83. The average molecular weight is 225 g/mol. The van der Waals surface area contributed by atoms with Crippen LogP contribution in [0.3, 0.4) is 0 Å². The number of fused-ring (bicyclic) bond motifs is 1. The second-order valence-corrected chi connectivity index (χ2v) is 4.27. The molecule has 0 amide bonds. The molecule has 0 fully saturated rings. The lowest BCUT2D eigenvalue weighted by atomic mass is 10.1. The first-order valence-corrected chi connectivity index (χ1v) is 5.98. The molecule has 86 valence electrons. The molecular formula is C14H15N3. The molecule has 0 spiro atoms. The van der Waals surface area contributed by atoms with Crippen LogP contribution < -0.4 is 0 Å². The Morgan fingerprint density at radius 2 is 2.18 bits per heavy atom. The van der Waals surface area contributed by atoms with Gasteiger partial charge in [-0.2, -0.15) is 0 Å². The molecule has 3 heteroatoms. The van der Waals surface area contributed by atoms with Crippen LogP contribution in [0.2, 0.25) is 0 Å². The highest BCUT2D eigenvalue weighted by Gasteiger charge is 2.07. The Morgan fingerprint density at radius 3 is 3.06 bits per heavy atom. The number of nitrogens with zero attached hydrogens (tertiary/aromatic N) is 1. The van der Waals surface area contributed by atoms with E-state index in [0.717, 1.165) is 18.5 Å². The average Bonchev–Trinajstić information content (AvgIpc) is 2.95. The van der Waals surface area contributed by atoms with Crippen LogP contribution in [0.5, 0.6) is 0 Å². The Kier molecular flexibility index (Phi) is 2.44. The third kappa shape index (κ3) is 1.73. The van der Waals surface area contributed by atoms with E-state index in [0.29, 0.717) is 0 Å². The van der Waals surface area contributed by atoms with Crippen molar-refractivity contribution in [2.75, 3.05) is 0 Å². The zero-order chi connectivity index (χ0) is 11.7. The third-order valence-corrected chi connectivity index (χ3v) is 3.02. The Morgan fingerprint density at radius 1 is 1.24 bits per heavy atom. The summed E-state index contributed by atoms with van der Waals surface area (Å²) in [6.07, 6.45) is 8.16. The molecule has 3 aromatic heterocycles. The molecule has 3 aromatic rings. The SMILES string of the molecule is CCCc1cc(-c2c[nH]c3ncccc23)c[nH]1. The highest BCUT2D eigenvalue weighted by molar-refractivity contribution is 5.93. The Bertz CT molecular complexity index is 634. The van der Waals surface area contributed by atoms with E-state index in [1.165, 1.54) is 22.2 Å². The third-order valence-electron chi connectivity index (χ3n) is 3.02. The summed E-state index contributed by atoms with van der Waals surface area (Å²) in [4.78, 5) is 10.8. The lowest BCUT2D eigenvalue weighted by molar-refractivity contribution is 0.892. The molecule has 3 rings (SSSR count). The molecule has 0 aliphatic rings. The molecule has 0 radical (unpaired) electrons. The minimum absolute atomic E-state index is 0.945. The summed E-state index contributed by atoms with van der Waals surface area (Å²) in [5.74, 6) is 0. The van der Waals surface area contributed by atoms with Gasteiger partial charge in [0.2, 0.25) is 0 Å². The molecule has 0 bridgehead atoms. The summed E-state index contributed by atoms with van der Waals surface area (Å²) in [7, 11) is 0. The monoisotopic (exact) mass is 225 g/mol. The molecular weight excluding hydrogens is 210 g/mol. The zero-order valence-electron chi connectivity index (χ0n) is 9.83. The number of pyridine rings is 1. The summed E-state index contributed by atoms with van der Waals surface area (Å²) in [6.45, 7) is 2.19. The normalized spacial score (nSPS) is 11.1. The predicted molar refractivity (Wildman–Crippen MR) is 69.9 cm³/mol. The van der Waals surface area contributed by atoms with Crippen molar-refractivity contribution in [3.8, 4) is 11.1 Å². The molecule has 0 aromatic carbocycles. The van der Waals surface area contributed by atoms with E-state index < -0.39 is 0 Å². The maximum atomic E-state index is 4.30. The van der Waals surface area contributed by atoms with Gasteiger partial charge >= 0.3 is 0 Å². The van der Waals surface area contributed by atoms with E-state index in [2.05, 4.69) is 40.2 Å². The van der Waals surface area contributed by atoms with Gasteiger partial charge in [-0.15, -0.1) is 0 Å². The van der Waals surface area contributed by atoms with E-state index in [1.807, 2.05) is 18.5 Å². The van der Waals surface area contributed by atoms with Crippen LogP contribution in [0.4, 0.5) is 0 Å². The van der Waals surface area contributed by atoms with E-state index in [9.17, 15) is 0 Å². The number of aromatic amines is 2. The van der Waals surface area contributed by atoms with Gasteiger partial charge in [0.25, 0.3) is 0 Å². The predicted octanol–water partition coefficient (Wildman–Crippen LogP) is 3.51. The molecule has 0 saturated heterocycles. The van der Waals surface area contributed by atoms with Crippen LogP contribution in [-0.4, -0.2) is 15.0 Å². The van der Waals surface area contributed by atoms with Gasteiger partial charge in [0, 0.05) is 40.8 Å². The summed E-state index contributed by atoms with van der Waals surface area (Å²) in [5, 5.41) is 1.18. The standard InChI is InChI=1S/C14H15N3/c1-2-4-11-7-10(8-16-11)13-9-17-14-12(13)5-3-6-15-14/h3,5-9,16H,2,4H2,1H3,(H,15,17). The first kappa shape index (κ1) is 10.1. The van der Waals surface area contributed by atoms with E-state index in [4.69, 9.17) is 0 Å². The first-order chi connectivity index (χ1) is 8.38. The second kappa shape index (κ2) is 4.09. The maximum absolute atomic E-state index is 4.30. The van der Waals surface area contributed by atoms with Crippen molar-refractivity contribution in [3.05, 3.63) is 42.5 Å². The summed E-state index contributed by atoms with van der Waals surface area (Å²) >= 11 is 0. The lowest BCUT2D eigenvalue weighted by Gasteiger charge is -1.93. The molecule has 0 unspecified atom stereocenters. The fourth-order valence-electron chi connectivity index (χ4n) is 2.21. The minimum atomic E-state index is 0.945. The van der Waals surface area contributed by atoms with Crippen LogP contribution in [0.1, 0.15) is 19.0 Å². The van der Waals surface area contributed by atoms with Crippen molar-refractivity contribution in [2.45, 2.75) is 19.8 Å². The van der Waals surface area contributed by atoms with Crippen molar-refractivity contribution >= 4 is 11.0 Å².